The van der Waals surface area contributed by atoms with E-state index in [0.29, 0.717) is 6.54 Å². The van der Waals surface area contributed by atoms with Crippen molar-refractivity contribution in [2.45, 2.75) is 24.7 Å². The van der Waals surface area contributed by atoms with Crippen LogP contribution in [-0.4, -0.2) is 13.7 Å². The van der Waals surface area contributed by atoms with Crippen LogP contribution in [-0.2, 0) is 5.41 Å². The van der Waals surface area contributed by atoms with E-state index in [1.54, 1.807) is 7.11 Å². The molecule has 1 aliphatic carbocycles. The van der Waals surface area contributed by atoms with Crippen molar-refractivity contribution in [3.63, 3.8) is 0 Å². The Bertz CT molecular complexity index is 388. The lowest BCUT2D eigenvalue weighted by Crippen LogP contribution is -2.37. The van der Waals surface area contributed by atoms with Crippen LogP contribution in [0, 0.1) is 6.57 Å². The molecule has 0 N–H and O–H groups in total. The first-order valence-electron chi connectivity index (χ1n) is 5.29. The lowest BCUT2D eigenvalue weighted by atomic mass is 9.64. The number of para-hydroxylation sites is 1. The van der Waals surface area contributed by atoms with Gasteiger partial charge >= 0.3 is 0 Å². The first kappa shape index (κ1) is 10.0. The summed E-state index contributed by atoms with van der Waals surface area (Å²) >= 11 is 0. The predicted octanol–water partition coefficient (Wildman–Crippen LogP) is 3.04. The van der Waals surface area contributed by atoms with E-state index in [4.69, 9.17) is 11.3 Å². The van der Waals surface area contributed by atoms with Crippen LogP contribution in [0.1, 0.15) is 24.8 Å². The fourth-order valence-electron chi connectivity index (χ4n) is 2.35. The van der Waals surface area contributed by atoms with Gasteiger partial charge < -0.3 is 9.58 Å². The maximum absolute atomic E-state index is 7.06. The zero-order chi connectivity index (χ0) is 10.7. The molecule has 0 radical (unpaired) electrons. The zero-order valence-corrected chi connectivity index (χ0v) is 8.99. The number of methoxy groups -OCH3 is 1. The van der Waals surface area contributed by atoms with Crippen LogP contribution in [0.4, 0.5) is 0 Å². The predicted molar refractivity (Wildman–Crippen MR) is 60.0 cm³/mol. The smallest absolute Gasteiger partial charge is 0.224 e. The largest absolute Gasteiger partial charge is 0.496 e. The van der Waals surface area contributed by atoms with Gasteiger partial charge in [-0.15, -0.1) is 0 Å². The summed E-state index contributed by atoms with van der Waals surface area (Å²) in [6, 6.07) is 8.09. The fraction of sp³-hybridized carbons (Fsp3) is 0.462. The van der Waals surface area contributed by atoms with Gasteiger partial charge in [0.1, 0.15) is 5.75 Å². The average Bonchev–Trinajstić information content (AvgIpc) is 2.23. The molecule has 0 atom stereocenters. The minimum Gasteiger partial charge on any atom is -0.496 e. The number of hydrogen-bond donors (Lipinski definition) is 0. The normalized spacial score (nSPS) is 17.6. The quantitative estimate of drug-likeness (QED) is 0.685. The van der Waals surface area contributed by atoms with Gasteiger partial charge in [0.15, 0.2) is 0 Å². The van der Waals surface area contributed by atoms with Crippen molar-refractivity contribution in [1.82, 2.24) is 0 Å². The lowest BCUT2D eigenvalue weighted by Gasteiger charge is -2.38. The molecule has 2 nitrogen and oxygen atoms in total. The summed E-state index contributed by atoms with van der Waals surface area (Å²) in [6.45, 7) is 7.65. The molecule has 1 aromatic rings. The molecule has 0 aromatic heterocycles. The monoisotopic (exact) mass is 201 g/mol. The third-order valence-electron chi connectivity index (χ3n) is 3.37. The molecule has 0 heterocycles. The second kappa shape index (κ2) is 3.94. The van der Waals surface area contributed by atoms with Crippen LogP contribution in [0.15, 0.2) is 24.3 Å². The molecule has 78 valence electrons. The first-order valence-corrected chi connectivity index (χ1v) is 5.29. The molecule has 1 aliphatic rings. The van der Waals surface area contributed by atoms with E-state index in [1.807, 2.05) is 18.2 Å². The van der Waals surface area contributed by atoms with Crippen LogP contribution in [0.25, 0.3) is 4.85 Å². The van der Waals surface area contributed by atoms with Gasteiger partial charge in [-0.25, -0.2) is 6.57 Å². The SMILES string of the molecule is [C-]#[N+]CC1(c2ccccc2OC)CCC1. The molecule has 0 bridgehead atoms. The second-order valence-corrected chi connectivity index (χ2v) is 4.15. The van der Waals surface area contributed by atoms with Gasteiger partial charge in [-0.05, 0) is 18.9 Å². The first-order chi connectivity index (χ1) is 7.32. The molecule has 0 saturated heterocycles. The number of hydrogen-bond acceptors (Lipinski definition) is 1. The number of nitrogens with zero attached hydrogens (tertiary/aromatic N) is 1. The Labute approximate surface area is 90.7 Å². The van der Waals surface area contributed by atoms with Crippen molar-refractivity contribution >= 4 is 0 Å². The van der Waals surface area contributed by atoms with Crippen LogP contribution >= 0.6 is 0 Å². The summed E-state index contributed by atoms with van der Waals surface area (Å²) in [5.74, 6) is 0.931. The number of benzene rings is 1. The second-order valence-electron chi connectivity index (χ2n) is 4.15. The highest BCUT2D eigenvalue weighted by atomic mass is 16.5. The Kier molecular flexibility index (Phi) is 2.64. The van der Waals surface area contributed by atoms with Crippen molar-refractivity contribution < 1.29 is 4.74 Å². The molecule has 2 heteroatoms. The Morgan fingerprint density at radius 3 is 2.67 bits per heavy atom. The molecule has 1 aromatic carbocycles. The summed E-state index contributed by atoms with van der Waals surface area (Å²) in [5, 5.41) is 0. The molecule has 2 rings (SSSR count). The van der Waals surface area contributed by atoms with Crippen molar-refractivity contribution in [3.05, 3.63) is 41.2 Å². The number of rotatable bonds is 3. The topological polar surface area (TPSA) is 13.6 Å². The Balaban J connectivity index is 2.38. The van der Waals surface area contributed by atoms with Crippen molar-refractivity contribution in [2.24, 2.45) is 0 Å². The maximum atomic E-state index is 7.06. The summed E-state index contributed by atoms with van der Waals surface area (Å²) in [5.41, 5.74) is 1.30. The molecular formula is C13H15NO. The number of ether oxygens (including phenoxy) is 1. The summed E-state index contributed by atoms with van der Waals surface area (Å²) in [7, 11) is 1.70. The molecule has 0 aliphatic heterocycles. The zero-order valence-electron chi connectivity index (χ0n) is 8.99. The third-order valence-corrected chi connectivity index (χ3v) is 3.37. The van der Waals surface area contributed by atoms with Crippen LogP contribution in [0.3, 0.4) is 0 Å². The molecule has 15 heavy (non-hydrogen) atoms. The van der Waals surface area contributed by atoms with Crippen LogP contribution in [0.5, 0.6) is 5.75 Å². The Morgan fingerprint density at radius 1 is 1.40 bits per heavy atom. The van der Waals surface area contributed by atoms with E-state index < -0.39 is 0 Å². The van der Waals surface area contributed by atoms with E-state index in [0.717, 1.165) is 18.6 Å². The molecule has 0 amide bonds. The summed E-state index contributed by atoms with van der Waals surface area (Å²) in [6.07, 6.45) is 3.47. The molecule has 1 fully saturated rings. The highest BCUT2D eigenvalue weighted by Crippen LogP contribution is 2.47. The summed E-state index contributed by atoms with van der Waals surface area (Å²) in [4.78, 5) is 3.58. The van der Waals surface area contributed by atoms with Gasteiger partial charge in [-0.3, -0.25) is 0 Å². The van der Waals surface area contributed by atoms with Crippen LogP contribution in [0.2, 0.25) is 0 Å². The highest BCUT2D eigenvalue weighted by Gasteiger charge is 2.43. The van der Waals surface area contributed by atoms with Crippen molar-refractivity contribution in [3.8, 4) is 5.75 Å². The summed E-state index contributed by atoms with van der Waals surface area (Å²) < 4.78 is 5.37. The van der Waals surface area contributed by atoms with Gasteiger partial charge in [0.25, 0.3) is 0 Å². The maximum Gasteiger partial charge on any atom is 0.224 e. The van der Waals surface area contributed by atoms with Crippen molar-refractivity contribution in [1.29, 1.82) is 0 Å². The minimum atomic E-state index is 0.0777. The standard InChI is InChI=1S/C13H15NO/c1-14-10-13(8-5-9-13)11-6-3-4-7-12(11)15-2/h3-4,6-7H,5,8-10H2,2H3. The third kappa shape index (κ3) is 1.59. The van der Waals surface area contributed by atoms with Gasteiger partial charge in [0.05, 0.1) is 12.5 Å². The van der Waals surface area contributed by atoms with E-state index in [1.165, 1.54) is 12.0 Å². The molecule has 0 spiro atoms. The van der Waals surface area contributed by atoms with Crippen LogP contribution < -0.4 is 4.74 Å². The van der Waals surface area contributed by atoms with Crippen molar-refractivity contribution in [2.75, 3.05) is 13.7 Å². The Hall–Kier alpha value is -1.49. The fourth-order valence-corrected chi connectivity index (χ4v) is 2.35. The van der Waals surface area contributed by atoms with Gasteiger partial charge in [0, 0.05) is 5.56 Å². The minimum absolute atomic E-state index is 0.0777. The van der Waals surface area contributed by atoms with Gasteiger partial charge in [-0.1, -0.05) is 24.6 Å². The van der Waals surface area contributed by atoms with Gasteiger partial charge in [-0.2, -0.15) is 0 Å². The molecule has 0 unspecified atom stereocenters. The van der Waals surface area contributed by atoms with E-state index in [-0.39, 0.29) is 5.41 Å². The Morgan fingerprint density at radius 2 is 2.13 bits per heavy atom. The lowest BCUT2D eigenvalue weighted by molar-refractivity contribution is 0.255. The van der Waals surface area contributed by atoms with E-state index in [9.17, 15) is 0 Å². The van der Waals surface area contributed by atoms with E-state index >= 15 is 0 Å². The highest BCUT2D eigenvalue weighted by molar-refractivity contribution is 5.42. The van der Waals surface area contributed by atoms with Gasteiger partial charge in [0.2, 0.25) is 6.54 Å². The molecular weight excluding hydrogens is 186 g/mol. The molecule has 1 saturated carbocycles. The van der Waals surface area contributed by atoms with E-state index in [2.05, 4.69) is 10.9 Å². The average molecular weight is 201 g/mol.